The normalized spacial score (nSPS) is 10.3. The summed E-state index contributed by atoms with van der Waals surface area (Å²) >= 11 is 9.28. The van der Waals surface area contributed by atoms with Crippen LogP contribution in [-0.4, -0.2) is 19.1 Å². The third-order valence-corrected chi connectivity index (χ3v) is 3.70. The van der Waals surface area contributed by atoms with Gasteiger partial charge in [-0.15, -0.1) is 0 Å². The summed E-state index contributed by atoms with van der Waals surface area (Å²) in [5.74, 6) is -0.437. The molecule has 2 aromatic carbocycles. The Labute approximate surface area is 141 Å². The SMILES string of the molecule is O=C(NCCCOc1ccccc1F)c1cc(Br)ccc1Cl. The highest BCUT2D eigenvalue weighted by molar-refractivity contribution is 9.10. The van der Waals surface area contributed by atoms with Crippen LogP contribution in [0.5, 0.6) is 5.75 Å². The molecule has 0 spiro atoms. The van der Waals surface area contributed by atoms with Crippen LogP contribution >= 0.6 is 27.5 Å². The Bertz CT molecular complexity index is 666. The van der Waals surface area contributed by atoms with E-state index >= 15 is 0 Å². The lowest BCUT2D eigenvalue weighted by atomic mass is 10.2. The van der Waals surface area contributed by atoms with E-state index in [1.165, 1.54) is 6.07 Å². The number of benzene rings is 2. The lowest BCUT2D eigenvalue weighted by molar-refractivity contribution is 0.0951. The third kappa shape index (κ3) is 4.71. The van der Waals surface area contributed by atoms with Crippen LogP contribution in [0, 0.1) is 5.82 Å². The smallest absolute Gasteiger partial charge is 0.252 e. The summed E-state index contributed by atoms with van der Waals surface area (Å²) < 4.78 is 19.4. The molecule has 0 unspecified atom stereocenters. The van der Waals surface area contributed by atoms with Crippen LogP contribution in [0.2, 0.25) is 5.02 Å². The number of halogens is 3. The third-order valence-electron chi connectivity index (χ3n) is 2.87. The Morgan fingerprint density at radius 3 is 2.82 bits per heavy atom. The molecule has 0 aliphatic rings. The molecule has 116 valence electrons. The number of para-hydroxylation sites is 1. The van der Waals surface area contributed by atoms with Crippen molar-refractivity contribution in [3.8, 4) is 5.75 Å². The standard InChI is InChI=1S/C16H14BrClFNO2/c17-11-6-7-13(18)12(10-11)16(21)20-8-3-9-22-15-5-2-1-4-14(15)19/h1-2,4-7,10H,3,8-9H2,(H,20,21). The number of hydrogen-bond acceptors (Lipinski definition) is 2. The zero-order valence-corrected chi connectivity index (χ0v) is 14.0. The fourth-order valence-electron chi connectivity index (χ4n) is 1.78. The molecule has 0 aliphatic heterocycles. The zero-order chi connectivity index (χ0) is 15.9. The van der Waals surface area contributed by atoms with Crippen molar-refractivity contribution in [2.75, 3.05) is 13.2 Å². The number of carbonyl (C=O) groups is 1. The van der Waals surface area contributed by atoms with E-state index in [-0.39, 0.29) is 11.7 Å². The quantitative estimate of drug-likeness (QED) is 0.745. The maximum absolute atomic E-state index is 13.3. The van der Waals surface area contributed by atoms with Crippen LogP contribution in [0.15, 0.2) is 46.9 Å². The first kappa shape index (κ1) is 16.8. The van der Waals surface area contributed by atoms with Gasteiger partial charge in [0, 0.05) is 11.0 Å². The van der Waals surface area contributed by atoms with E-state index in [9.17, 15) is 9.18 Å². The maximum atomic E-state index is 13.3. The maximum Gasteiger partial charge on any atom is 0.252 e. The van der Waals surface area contributed by atoms with Crippen molar-refractivity contribution in [1.29, 1.82) is 0 Å². The van der Waals surface area contributed by atoms with E-state index in [1.54, 1.807) is 36.4 Å². The van der Waals surface area contributed by atoms with E-state index in [1.807, 2.05) is 0 Å². The van der Waals surface area contributed by atoms with Gasteiger partial charge in [0.2, 0.25) is 0 Å². The molecule has 1 N–H and O–H groups in total. The molecule has 6 heteroatoms. The highest BCUT2D eigenvalue weighted by Crippen LogP contribution is 2.20. The monoisotopic (exact) mass is 385 g/mol. The Hall–Kier alpha value is -1.59. The minimum atomic E-state index is -0.396. The van der Waals surface area contributed by atoms with Gasteiger partial charge in [-0.2, -0.15) is 0 Å². The van der Waals surface area contributed by atoms with Gasteiger partial charge in [0.25, 0.3) is 5.91 Å². The van der Waals surface area contributed by atoms with Gasteiger partial charge in [0.15, 0.2) is 11.6 Å². The number of amides is 1. The van der Waals surface area contributed by atoms with Crippen LogP contribution in [0.4, 0.5) is 4.39 Å². The minimum Gasteiger partial charge on any atom is -0.490 e. The minimum absolute atomic E-state index is 0.212. The molecule has 0 radical (unpaired) electrons. The molecule has 0 saturated carbocycles. The van der Waals surface area contributed by atoms with Gasteiger partial charge in [0.05, 0.1) is 17.2 Å². The van der Waals surface area contributed by atoms with Crippen LogP contribution in [-0.2, 0) is 0 Å². The largest absolute Gasteiger partial charge is 0.490 e. The molecule has 3 nitrogen and oxygen atoms in total. The van der Waals surface area contributed by atoms with E-state index < -0.39 is 5.82 Å². The van der Waals surface area contributed by atoms with Gasteiger partial charge in [-0.25, -0.2) is 4.39 Å². The zero-order valence-electron chi connectivity index (χ0n) is 11.6. The van der Waals surface area contributed by atoms with E-state index in [4.69, 9.17) is 16.3 Å². The number of nitrogens with one attached hydrogen (secondary N) is 1. The number of carbonyl (C=O) groups excluding carboxylic acids is 1. The van der Waals surface area contributed by atoms with Gasteiger partial charge >= 0.3 is 0 Å². The van der Waals surface area contributed by atoms with Crippen molar-refractivity contribution in [3.63, 3.8) is 0 Å². The van der Waals surface area contributed by atoms with Gasteiger partial charge < -0.3 is 10.1 Å². The summed E-state index contributed by atoms with van der Waals surface area (Å²) in [5.41, 5.74) is 0.408. The number of hydrogen-bond donors (Lipinski definition) is 1. The van der Waals surface area contributed by atoms with Gasteiger partial charge in [-0.3, -0.25) is 4.79 Å². The molecule has 0 fully saturated rings. The molecule has 0 atom stereocenters. The predicted molar refractivity (Wildman–Crippen MR) is 88.0 cm³/mol. The topological polar surface area (TPSA) is 38.3 Å². The number of ether oxygens (including phenoxy) is 1. The van der Waals surface area contributed by atoms with Gasteiger partial charge in [-0.05, 0) is 36.8 Å². The molecule has 0 aromatic heterocycles. The van der Waals surface area contributed by atoms with E-state index in [0.29, 0.717) is 30.2 Å². The van der Waals surface area contributed by atoms with Crippen molar-refractivity contribution in [1.82, 2.24) is 5.32 Å². The molecular formula is C16H14BrClFNO2. The molecule has 0 aliphatic carbocycles. The Morgan fingerprint density at radius 2 is 2.05 bits per heavy atom. The number of rotatable bonds is 6. The summed E-state index contributed by atoms with van der Waals surface area (Å²) in [6.45, 7) is 0.726. The molecule has 0 heterocycles. The second-order valence-electron chi connectivity index (χ2n) is 4.51. The van der Waals surface area contributed by atoms with E-state index in [0.717, 1.165) is 4.47 Å². The van der Waals surface area contributed by atoms with Crippen LogP contribution in [0.1, 0.15) is 16.8 Å². The predicted octanol–water partition coefficient (Wildman–Crippen LogP) is 4.44. The lowest BCUT2D eigenvalue weighted by Gasteiger charge is -2.09. The molecule has 2 rings (SSSR count). The average Bonchev–Trinajstić information content (AvgIpc) is 2.51. The highest BCUT2D eigenvalue weighted by Gasteiger charge is 2.10. The van der Waals surface area contributed by atoms with Gasteiger partial charge in [0.1, 0.15) is 0 Å². The highest BCUT2D eigenvalue weighted by atomic mass is 79.9. The second-order valence-corrected chi connectivity index (χ2v) is 5.84. The molecule has 0 saturated heterocycles. The Morgan fingerprint density at radius 1 is 1.27 bits per heavy atom. The molecule has 22 heavy (non-hydrogen) atoms. The summed E-state index contributed by atoms with van der Waals surface area (Å²) in [5, 5.41) is 3.14. The van der Waals surface area contributed by atoms with Crippen LogP contribution in [0.3, 0.4) is 0 Å². The average molecular weight is 387 g/mol. The molecule has 1 amide bonds. The van der Waals surface area contributed by atoms with Crippen molar-refractivity contribution in [2.45, 2.75) is 6.42 Å². The van der Waals surface area contributed by atoms with Crippen molar-refractivity contribution in [2.24, 2.45) is 0 Å². The second kappa shape index (κ2) is 8.15. The summed E-state index contributed by atoms with van der Waals surface area (Å²) in [4.78, 5) is 12.0. The molecule has 2 aromatic rings. The fourth-order valence-corrected chi connectivity index (χ4v) is 2.35. The van der Waals surface area contributed by atoms with Gasteiger partial charge in [-0.1, -0.05) is 39.7 Å². The Balaban J connectivity index is 1.76. The molecular weight excluding hydrogens is 373 g/mol. The summed E-state index contributed by atoms with van der Waals surface area (Å²) in [6, 6.07) is 11.3. The summed E-state index contributed by atoms with van der Waals surface area (Å²) in [7, 11) is 0. The van der Waals surface area contributed by atoms with Crippen molar-refractivity contribution < 1.29 is 13.9 Å². The summed E-state index contributed by atoms with van der Waals surface area (Å²) in [6.07, 6.45) is 0.561. The van der Waals surface area contributed by atoms with E-state index in [2.05, 4.69) is 21.2 Å². The van der Waals surface area contributed by atoms with Crippen molar-refractivity contribution >= 4 is 33.4 Å². The molecule has 0 bridgehead atoms. The van der Waals surface area contributed by atoms with Crippen molar-refractivity contribution in [3.05, 3.63) is 63.3 Å². The Kier molecular flexibility index (Phi) is 6.21. The lowest BCUT2D eigenvalue weighted by Crippen LogP contribution is -2.25. The first-order valence-corrected chi connectivity index (χ1v) is 7.85. The van der Waals surface area contributed by atoms with Crippen LogP contribution < -0.4 is 10.1 Å². The first-order valence-electron chi connectivity index (χ1n) is 6.68. The fraction of sp³-hybridized carbons (Fsp3) is 0.188. The first-order chi connectivity index (χ1) is 10.6. The van der Waals surface area contributed by atoms with Crippen LogP contribution in [0.25, 0.3) is 0 Å².